The summed E-state index contributed by atoms with van der Waals surface area (Å²) < 4.78 is 15.4. The summed E-state index contributed by atoms with van der Waals surface area (Å²) in [7, 11) is 0. The molecular formula is C19H18FN3O2. The normalized spacial score (nSPS) is 20.3. The van der Waals surface area contributed by atoms with E-state index in [0.29, 0.717) is 17.7 Å². The fraction of sp³-hybridized carbons (Fsp3) is 0.263. The van der Waals surface area contributed by atoms with Crippen molar-refractivity contribution in [3.8, 4) is 0 Å². The first kappa shape index (κ1) is 15.8. The highest BCUT2D eigenvalue weighted by molar-refractivity contribution is 5.79. The van der Waals surface area contributed by atoms with Crippen LogP contribution in [0.4, 0.5) is 4.39 Å². The molecule has 25 heavy (non-hydrogen) atoms. The number of hydrogen-bond donors (Lipinski definition) is 1. The summed E-state index contributed by atoms with van der Waals surface area (Å²) in [6.45, 7) is 0.257. The molecule has 2 aromatic heterocycles. The molecule has 1 fully saturated rings. The molecule has 3 heterocycles. The van der Waals surface area contributed by atoms with E-state index in [9.17, 15) is 14.3 Å². The molecule has 6 heteroatoms. The van der Waals surface area contributed by atoms with Crippen molar-refractivity contribution in [2.24, 2.45) is 0 Å². The number of aromatic nitrogens is 2. The summed E-state index contributed by atoms with van der Waals surface area (Å²) in [4.78, 5) is 18.9. The second-order valence-electron chi connectivity index (χ2n) is 6.38. The van der Waals surface area contributed by atoms with Crippen LogP contribution in [-0.4, -0.2) is 37.9 Å². The zero-order chi connectivity index (χ0) is 17.4. The summed E-state index contributed by atoms with van der Waals surface area (Å²) in [6, 6.07) is 11.6. The lowest BCUT2D eigenvalue weighted by atomic mass is 10.0. The maximum Gasteiger partial charge on any atom is 0.229 e. The van der Waals surface area contributed by atoms with E-state index < -0.39 is 6.10 Å². The van der Waals surface area contributed by atoms with E-state index >= 15 is 0 Å². The lowest BCUT2D eigenvalue weighted by Gasteiger charge is -2.24. The van der Waals surface area contributed by atoms with Crippen LogP contribution in [0.15, 0.2) is 54.9 Å². The van der Waals surface area contributed by atoms with Crippen molar-refractivity contribution in [2.45, 2.75) is 25.0 Å². The van der Waals surface area contributed by atoms with Crippen molar-refractivity contribution in [1.29, 1.82) is 0 Å². The quantitative estimate of drug-likeness (QED) is 0.797. The van der Waals surface area contributed by atoms with Crippen molar-refractivity contribution < 1.29 is 14.3 Å². The summed E-state index contributed by atoms with van der Waals surface area (Å²) in [6.07, 6.45) is 3.68. The number of aliphatic hydroxyl groups excluding tert-OH is 1. The Kier molecular flexibility index (Phi) is 3.97. The molecule has 0 aliphatic carbocycles. The van der Waals surface area contributed by atoms with E-state index in [-0.39, 0.29) is 30.7 Å². The average Bonchev–Trinajstić information content (AvgIpc) is 3.17. The molecule has 0 unspecified atom stereocenters. The van der Waals surface area contributed by atoms with Crippen LogP contribution in [0, 0.1) is 5.82 Å². The van der Waals surface area contributed by atoms with Gasteiger partial charge in [-0.25, -0.2) is 9.37 Å². The number of amides is 1. The monoisotopic (exact) mass is 339 g/mol. The number of benzene rings is 1. The van der Waals surface area contributed by atoms with Crippen LogP contribution < -0.4 is 0 Å². The van der Waals surface area contributed by atoms with Crippen molar-refractivity contribution >= 4 is 11.6 Å². The van der Waals surface area contributed by atoms with Crippen LogP contribution in [0.3, 0.4) is 0 Å². The van der Waals surface area contributed by atoms with Crippen LogP contribution >= 0.6 is 0 Å². The number of halogens is 1. The highest BCUT2D eigenvalue weighted by Gasteiger charge is 2.35. The Morgan fingerprint density at radius 1 is 1.28 bits per heavy atom. The molecule has 1 aliphatic rings. The molecule has 1 amide bonds. The van der Waals surface area contributed by atoms with Gasteiger partial charge in [0.15, 0.2) is 0 Å². The van der Waals surface area contributed by atoms with Gasteiger partial charge < -0.3 is 14.4 Å². The second-order valence-corrected chi connectivity index (χ2v) is 6.38. The molecule has 0 spiro atoms. The topological polar surface area (TPSA) is 57.8 Å². The lowest BCUT2D eigenvalue weighted by molar-refractivity contribution is -0.131. The number of nitrogens with zero attached hydrogens (tertiary/aromatic N) is 3. The Balaban J connectivity index is 1.57. The minimum Gasteiger partial charge on any atom is -0.391 e. The van der Waals surface area contributed by atoms with Gasteiger partial charge in [0.05, 0.1) is 24.3 Å². The summed E-state index contributed by atoms with van der Waals surface area (Å²) in [5.74, 6) is -0.458. The van der Waals surface area contributed by atoms with Crippen LogP contribution in [0.25, 0.3) is 5.65 Å². The van der Waals surface area contributed by atoms with Crippen LogP contribution in [0.5, 0.6) is 0 Å². The van der Waals surface area contributed by atoms with E-state index in [0.717, 1.165) is 5.65 Å². The molecule has 1 aliphatic heterocycles. The predicted molar refractivity (Wildman–Crippen MR) is 90.4 cm³/mol. The molecule has 1 saturated heterocycles. The number of rotatable bonds is 3. The van der Waals surface area contributed by atoms with Gasteiger partial charge in [-0.2, -0.15) is 0 Å². The molecule has 0 bridgehead atoms. The lowest BCUT2D eigenvalue weighted by Crippen LogP contribution is -2.33. The standard InChI is InChI=1S/C19H18FN3O2/c20-14-5-3-4-13(8-14)17-10-16(24)12-23(17)19(25)9-15-11-22-7-2-1-6-18(22)21-15/h1-8,11,16-17,24H,9-10,12H2/t16-,17-/m1/s1. The Bertz CT molecular complexity index is 891. The van der Waals surface area contributed by atoms with Gasteiger partial charge >= 0.3 is 0 Å². The first-order valence-electron chi connectivity index (χ1n) is 8.26. The number of fused-ring (bicyclic) bond motifs is 1. The maximum absolute atomic E-state index is 13.5. The minimum atomic E-state index is -0.599. The number of aliphatic hydroxyl groups is 1. The van der Waals surface area contributed by atoms with Gasteiger partial charge in [-0.1, -0.05) is 18.2 Å². The van der Waals surface area contributed by atoms with Crippen LogP contribution in [-0.2, 0) is 11.2 Å². The third kappa shape index (κ3) is 3.13. The van der Waals surface area contributed by atoms with Gasteiger partial charge in [-0.05, 0) is 36.2 Å². The van der Waals surface area contributed by atoms with Gasteiger partial charge in [0.2, 0.25) is 5.91 Å². The molecule has 0 radical (unpaired) electrons. The van der Waals surface area contributed by atoms with Crippen molar-refractivity contribution in [3.63, 3.8) is 0 Å². The van der Waals surface area contributed by atoms with Crippen molar-refractivity contribution in [3.05, 3.63) is 71.9 Å². The highest BCUT2D eigenvalue weighted by atomic mass is 19.1. The van der Waals surface area contributed by atoms with E-state index in [1.807, 2.05) is 35.0 Å². The Labute approximate surface area is 144 Å². The molecule has 0 saturated carbocycles. The van der Waals surface area contributed by atoms with Crippen molar-refractivity contribution in [2.75, 3.05) is 6.54 Å². The van der Waals surface area contributed by atoms with Crippen LogP contribution in [0.2, 0.25) is 0 Å². The van der Waals surface area contributed by atoms with E-state index in [2.05, 4.69) is 4.98 Å². The molecule has 5 nitrogen and oxygen atoms in total. The molecule has 2 atom stereocenters. The average molecular weight is 339 g/mol. The third-order valence-electron chi connectivity index (χ3n) is 4.58. The van der Waals surface area contributed by atoms with E-state index in [4.69, 9.17) is 0 Å². The summed E-state index contributed by atoms with van der Waals surface area (Å²) >= 11 is 0. The van der Waals surface area contributed by atoms with Gasteiger partial charge in [-0.15, -0.1) is 0 Å². The minimum absolute atomic E-state index is 0.116. The smallest absolute Gasteiger partial charge is 0.229 e. The fourth-order valence-corrected chi connectivity index (χ4v) is 3.45. The molecule has 128 valence electrons. The summed E-state index contributed by atoms with van der Waals surface area (Å²) in [5, 5.41) is 10.0. The molecule has 3 aromatic rings. The van der Waals surface area contributed by atoms with Gasteiger partial charge in [0.1, 0.15) is 11.5 Å². The summed E-state index contributed by atoms with van der Waals surface area (Å²) in [5.41, 5.74) is 2.17. The van der Waals surface area contributed by atoms with Gasteiger partial charge in [0.25, 0.3) is 0 Å². The SMILES string of the molecule is O=C(Cc1cn2ccccc2n1)N1C[C@H](O)C[C@@H]1c1cccc(F)c1. The molecular weight excluding hydrogens is 321 g/mol. The largest absolute Gasteiger partial charge is 0.391 e. The van der Waals surface area contributed by atoms with Crippen molar-refractivity contribution in [1.82, 2.24) is 14.3 Å². The first-order valence-corrected chi connectivity index (χ1v) is 8.26. The number of carbonyl (C=O) groups is 1. The van der Waals surface area contributed by atoms with Crippen LogP contribution in [0.1, 0.15) is 23.7 Å². The molecule has 1 N–H and O–H groups in total. The van der Waals surface area contributed by atoms with E-state index in [1.54, 1.807) is 17.0 Å². The fourth-order valence-electron chi connectivity index (χ4n) is 3.45. The van der Waals surface area contributed by atoms with Gasteiger partial charge in [0, 0.05) is 18.9 Å². The Morgan fingerprint density at radius 3 is 2.96 bits per heavy atom. The molecule has 4 rings (SSSR count). The number of likely N-dealkylation sites (tertiary alicyclic amines) is 1. The zero-order valence-corrected chi connectivity index (χ0v) is 13.5. The predicted octanol–water partition coefficient (Wildman–Crippen LogP) is 2.35. The Hall–Kier alpha value is -2.73. The maximum atomic E-state index is 13.5. The first-order chi connectivity index (χ1) is 12.1. The molecule has 1 aromatic carbocycles. The number of carbonyl (C=O) groups excluding carboxylic acids is 1. The highest BCUT2D eigenvalue weighted by Crippen LogP contribution is 2.33. The van der Waals surface area contributed by atoms with Gasteiger partial charge in [-0.3, -0.25) is 4.79 Å². The van der Waals surface area contributed by atoms with E-state index in [1.165, 1.54) is 12.1 Å². The number of pyridine rings is 1. The zero-order valence-electron chi connectivity index (χ0n) is 13.5. The number of imidazole rings is 1. The number of β-amino-alcohol motifs (C(OH)–C–C–N with tert-alkyl or cyclic N) is 1. The Morgan fingerprint density at radius 2 is 2.16 bits per heavy atom. The third-order valence-corrected chi connectivity index (χ3v) is 4.58. The number of hydrogen-bond acceptors (Lipinski definition) is 3. The second kappa shape index (κ2) is 6.29.